The zero-order valence-electron chi connectivity index (χ0n) is 35.6. The number of benzene rings is 1. The lowest BCUT2D eigenvalue weighted by atomic mass is 9.99. The number of carbonyl (C=O) groups is 10. The summed E-state index contributed by atoms with van der Waals surface area (Å²) >= 11 is 3.91. The van der Waals surface area contributed by atoms with E-state index in [1.165, 1.54) is 18.7 Å². The van der Waals surface area contributed by atoms with Crippen LogP contribution in [0.2, 0.25) is 0 Å². The van der Waals surface area contributed by atoms with Crippen LogP contribution in [0.5, 0.6) is 0 Å². The summed E-state index contributed by atoms with van der Waals surface area (Å²) < 4.78 is 0. The van der Waals surface area contributed by atoms with E-state index in [0.29, 0.717) is 12.0 Å². The highest BCUT2D eigenvalue weighted by molar-refractivity contribution is 7.80. The van der Waals surface area contributed by atoms with E-state index in [2.05, 4.69) is 49.5 Å². The molecule has 22 nitrogen and oxygen atoms in total. The molecule has 63 heavy (non-hydrogen) atoms. The van der Waals surface area contributed by atoms with Crippen LogP contribution in [0.4, 0.5) is 0 Å². The summed E-state index contributed by atoms with van der Waals surface area (Å²) in [5.41, 5.74) is 18.0. The molecule has 1 aromatic carbocycles. The minimum Gasteiger partial charge on any atom is -0.480 e. The molecule has 1 fully saturated rings. The van der Waals surface area contributed by atoms with Crippen LogP contribution >= 0.6 is 12.6 Å². The second-order valence-corrected chi connectivity index (χ2v) is 16.1. The smallest absolute Gasteiger partial charge is 0.327 e. The standard InChI is InChI=1S/C40H59N11O11S/c1-19(2)32(50-36(57)27(48-34(55)24(41)11-13-30(42)52)16-22-17-44-25-9-6-5-8-23(22)25)38(59)47-26(12-14-31(43)53)35(56)46-21(4)39(60)51-15-7-10-29(51)37(58)45-20(3)33(54)49-28(18-63)40(61)62/h5-6,8-9,17,19-21,24,26-29,32,44,63H,7,10-16,18,41H2,1-4H3,(H2,42,52)(H2,43,53)(H,45,58)(H,46,56)(H,47,59)(H,48,55)(H,49,54)(H,50,57)(H,61,62). The van der Waals surface area contributed by atoms with Gasteiger partial charge >= 0.3 is 5.97 Å². The molecule has 346 valence electrons. The van der Waals surface area contributed by atoms with Gasteiger partial charge < -0.3 is 64.1 Å². The van der Waals surface area contributed by atoms with E-state index >= 15 is 0 Å². The molecule has 1 aliphatic rings. The van der Waals surface area contributed by atoms with Crippen molar-refractivity contribution in [3.8, 4) is 0 Å². The van der Waals surface area contributed by atoms with Gasteiger partial charge in [0.15, 0.2) is 0 Å². The van der Waals surface area contributed by atoms with Crippen LogP contribution in [0.3, 0.4) is 0 Å². The predicted molar refractivity (Wildman–Crippen MR) is 231 cm³/mol. The summed E-state index contributed by atoms with van der Waals surface area (Å²) in [5, 5.41) is 25.1. The molecule has 2 aromatic rings. The second kappa shape index (κ2) is 23.8. The lowest BCUT2D eigenvalue weighted by Gasteiger charge is -2.30. The van der Waals surface area contributed by atoms with Gasteiger partial charge in [0, 0.05) is 48.7 Å². The Morgan fingerprint density at radius 2 is 1.37 bits per heavy atom. The number of nitrogens with two attached hydrogens (primary N) is 3. The van der Waals surface area contributed by atoms with E-state index in [-0.39, 0.29) is 50.8 Å². The summed E-state index contributed by atoms with van der Waals surface area (Å²) in [6.45, 7) is 6.09. The number of carbonyl (C=O) groups excluding carboxylic acids is 9. The number of likely N-dealkylation sites (tertiary alicyclic amines) is 1. The van der Waals surface area contributed by atoms with Crippen molar-refractivity contribution in [2.75, 3.05) is 12.3 Å². The van der Waals surface area contributed by atoms with E-state index < -0.39 is 113 Å². The molecule has 1 aromatic heterocycles. The first-order valence-electron chi connectivity index (χ1n) is 20.5. The van der Waals surface area contributed by atoms with Gasteiger partial charge in [-0.05, 0) is 57.1 Å². The summed E-state index contributed by atoms with van der Waals surface area (Å²) in [6.07, 6.45) is 1.39. The first-order valence-corrected chi connectivity index (χ1v) is 21.1. The summed E-state index contributed by atoms with van der Waals surface area (Å²) in [6, 6.07) is -2.66. The van der Waals surface area contributed by atoms with Crippen LogP contribution in [-0.4, -0.2) is 135 Å². The predicted octanol–water partition coefficient (Wildman–Crippen LogP) is -2.82. The number of para-hydroxylation sites is 1. The van der Waals surface area contributed by atoms with Crippen LogP contribution in [0.1, 0.15) is 71.8 Å². The van der Waals surface area contributed by atoms with E-state index in [9.17, 15) is 53.1 Å². The zero-order valence-corrected chi connectivity index (χ0v) is 36.5. The van der Waals surface area contributed by atoms with Crippen molar-refractivity contribution in [1.29, 1.82) is 0 Å². The number of hydrogen-bond acceptors (Lipinski definition) is 12. The molecule has 8 atom stereocenters. The van der Waals surface area contributed by atoms with E-state index in [4.69, 9.17) is 17.2 Å². The van der Waals surface area contributed by atoms with Crippen molar-refractivity contribution < 1.29 is 53.1 Å². The van der Waals surface area contributed by atoms with Crippen molar-refractivity contribution >= 4 is 82.7 Å². The van der Waals surface area contributed by atoms with Gasteiger partial charge in [0.25, 0.3) is 0 Å². The molecule has 2 heterocycles. The molecule has 0 aliphatic carbocycles. The van der Waals surface area contributed by atoms with Crippen LogP contribution in [0.15, 0.2) is 30.5 Å². The molecule has 1 saturated heterocycles. The van der Waals surface area contributed by atoms with Gasteiger partial charge in [0.05, 0.1) is 6.04 Å². The summed E-state index contributed by atoms with van der Waals surface area (Å²) in [5.74, 6) is -8.90. The Balaban J connectivity index is 1.75. The number of carboxylic acids is 1. The average molecular weight is 902 g/mol. The van der Waals surface area contributed by atoms with Crippen LogP contribution in [-0.2, 0) is 54.4 Å². The maximum atomic E-state index is 14.0. The molecule has 0 radical (unpaired) electrons. The largest absolute Gasteiger partial charge is 0.480 e. The molecule has 0 spiro atoms. The highest BCUT2D eigenvalue weighted by atomic mass is 32.1. The minimum absolute atomic E-state index is 0.0381. The minimum atomic E-state index is -1.44. The molecule has 0 saturated carbocycles. The normalized spacial score (nSPS) is 16.9. The SMILES string of the molecule is CC(NC(=O)C1CCCN1C(=O)C(C)NC(=O)C(CCC(N)=O)NC(=O)C(NC(=O)C(Cc1c[nH]c2ccccc12)NC(=O)C(N)CCC(N)=O)C(C)C)C(=O)NC(CS)C(=O)O. The van der Waals surface area contributed by atoms with Gasteiger partial charge in [-0.25, -0.2) is 4.79 Å². The average Bonchev–Trinajstić information content (AvgIpc) is 3.89. The van der Waals surface area contributed by atoms with Gasteiger partial charge in [0.2, 0.25) is 53.2 Å². The van der Waals surface area contributed by atoms with Crippen LogP contribution in [0.25, 0.3) is 10.9 Å². The summed E-state index contributed by atoms with van der Waals surface area (Å²) in [7, 11) is 0. The van der Waals surface area contributed by atoms with Crippen molar-refractivity contribution in [2.24, 2.45) is 23.1 Å². The number of nitrogens with zero attached hydrogens (tertiary/aromatic N) is 1. The molecule has 1 aliphatic heterocycles. The number of nitrogens with one attached hydrogen (secondary N) is 7. The Kier molecular flexibility index (Phi) is 19.3. The second-order valence-electron chi connectivity index (χ2n) is 15.8. The summed E-state index contributed by atoms with van der Waals surface area (Å²) in [4.78, 5) is 133. The zero-order chi connectivity index (χ0) is 47.1. The van der Waals surface area contributed by atoms with Crippen LogP contribution in [0, 0.1) is 5.92 Å². The number of amides is 9. The molecular weight excluding hydrogens is 843 g/mol. The van der Waals surface area contributed by atoms with Gasteiger partial charge in [-0.1, -0.05) is 32.0 Å². The molecule has 3 rings (SSSR count). The molecular formula is C40H59N11O11S. The fourth-order valence-corrected chi connectivity index (χ4v) is 7.08. The lowest BCUT2D eigenvalue weighted by Crippen LogP contribution is -2.60. The number of aliphatic carboxylic acids is 1. The number of rotatable bonds is 24. The Morgan fingerprint density at radius 3 is 1.98 bits per heavy atom. The fraction of sp³-hybridized carbons (Fsp3) is 0.550. The van der Waals surface area contributed by atoms with Crippen LogP contribution < -0.4 is 49.1 Å². The Morgan fingerprint density at radius 1 is 0.762 bits per heavy atom. The number of H-pyrrole nitrogens is 1. The van der Waals surface area contributed by atoms with Gasteiger partial charge in [-0.3, -0.25) is 43.2 Å². The van der Waals surface area contributed by atoms with Crippen molar-refractivity contribution in [3.63, 3.8) is 0 Å². The quantitative estimate of drug-likeness (QED) is 0.0475. The first kappa shape index (κ1) is 51.1. The first-order chi connectivity index (χ1) is 29.6. The third kappa shape index (κ3) is 15.0. The highest BCUT2D eigenvalue weighted by Crippen LogP contribution is 2.21. The van der Waals surface area contributed by atoms with E-state index in [0.717, 1.165) is 10.9 Å². The number of carboxylic acid groups (broad SMARTS) is 1. The Hall–Kier alpha value is -6.23. The number of fused-ring (bicyclic) bond motifs is 1. The van der Waals surface area contributed by atoms with Gasteiger partial charge in [-0.15, -0.1) is 0 Å². The fourth-order valence-electron chi connectivity index (χ4n) is 6.83. The highest BCUT2D eigenvalue weighted by Gasteiger charge is 2.39. The molecule has 14 N–H and O–H groups in total. The third-order valence-electron chi connectivity index (χ3n) is 10.4. The Bertz CT molecular complexity index is 2030. The maximum Gasteiger partial charge on any atom is 0.327 e. The van der Waals surface area contributed by atoms with Crippen molar-refractivity contribution in [1.82, 2.24) is 41.8 Å². The number of aromatic amines is 1. The van der Waals surface area contributed by atoms with Crippen molar-refractivity contribution in [3.05, 3.63) is 36.0 Å². The third-order valence-corrected chi connectivity index (χ3v) is 10.8. The van der Waals surface area contributed by atoms with E-state index in [1.54, 1.807) is 26.1 Å². The van der Waals surface area contributed by atoms with E-state index in [1.807, 2.05) is 18.2 Å². The molecule has 0 bridgehead atoms. The number of primary amides is 2. The Labute approximate surface area is 369 Å². The lowest BCUT2D eigenvalue weighted by molar-refractivity contribution is -0.143. The monoisotopic (exact) mass is 901 g/mol. The molecule has 9 amide bonds. The molecule has 23 heteroatoms. The number of hydrogen-bond donors (Lipinski definition) is 12. The maximum absolute atomic E-state index is 14.0. The number of aromatic nitrogens is 1. The topological polar surface area (TPSA) is 360 Å². The van der Waals surface area contributed by atoms with Crippen molar-refractivity contribution in [2.45, 2.75) is 121 Å². The number of thiol groups is 1. The van der Waals surface area contributed by atoms with Gasteiger partial charge in [0.1, 0.15) is 42.3 Å². The van der Waals surface area contributed by atoms with Gasteiger partial charge in [-0.2, -0.15) is 12.6 Å². The molecule has 8 unspecified atom stereocenters.